The number of primary amides is 1. The number of hydrogen-bond donors (Lipinski definition) is 1. The maximum absolute atomic E-state index is 11.3. The topological polar surface area (TPSA) is 58.7 Å². The number of rotatable bonds is 1. The van der Waals surface area contributed by atoms with Gasteiger partial charge < -0.3 is 10.6 Å². The molecule has 2 heterocycles. The van der Waals surface area contributed by atoms with Gasteiger partial charge >= 0.3 is 0 Å². The number of nitrogens with zero attached hydrogens (tertiary/aromatic N) is 2. The van der Waals surface area contributed by atoms with Crippen molar-refractivity contribution in [3.05, 3.63) is 53.8 Å². The molecule has 3 rings (SSSR count). The van der Waals surface area contributed by atoms with Crippen molar-refractivity contribution in [1.82, 2.24) is 4.90 Å². The maximum atomic E-state index is 11.3. The molecule has 0 fully saturated rings. The Kier molecular flexibility index (Phi) is 6.79. The molecule has 0 aromatic heterocycles. The van der Waals surface area contributed by atoms with Crippen LogP contribution in [0.15, 0.2) is 53.2 Å². The van der Waals surface area contributed by atoms with Crippen LogP contribution in [0.3, 0.4) is 0 Å². The second-order valence-electron chi connectivity index (χ2n) is 3.98. The first-order chi connectivity index (χ1) is 8.25. The molecule has 2 aliphatic heterocycles. The number of amides is 1. The van der Waals surface area contributed by atoms with E-state index in [0.29, 0.717) is 11.4 Å². The van der Waals surface area contributed by atoms with Gasteiger partial charge in [-0.2, -0.15) is 0 Å². The molecule has 7 heteroatoms. The number of benzene rings is 1. The molecule has 0 radical (unpaired) electrons. The fourth-order valence-corrected chi connectivity index (χ4v) is 2.04. The molecular formula is C13H14Cl3N3O. The van der Waals surface area contributed by atoms with E-state index in [1.54, 1.807) is 6.08 Å². The molecule has 0 spiro atoms. The number of nitrogens with two attached hydrogens (primary N) is 1. The van der Waals surface area contributed by atoms with Crippen LogP contribution in [0.25, 0.3) is 0 Å². The van der Waals surface area contributed by atoms with Crippen molar-refractivity contribution in [2.24, 2.45) is 10.7 Å². The van der Waals surface area contributed by atoms with Crippen LogP contribution in [0.4, 0.5) is 5.69 Å². The summed E-state index contributed by atoms with van der Waals surface area (Å²) in [7, 11) is 0. The molecule has 4 nitrogen and oxygen atoms in total. The van der Waals surface area contributed by atoms with E-state index in [-0.39, 0.29) is 37.2 Å². The highest BCUT2D eigenvalue weighted by atomic mass is 35.5. The zero-order valence-electron chi connectivity index (χ0n) is 10.4. The van der Waals surface area contributed by atoms with Gasteiger partial charge in [-0.25, -0.2) is 4.99 Å². The number of fused-ring (bicyclic) bond motifs is 2. The molecule has 2 N–H and O–H groups in total. The van der Waals surface area contributed by atoms with Crippen molar-refractivity contribution in [3.8, 4) is 0 Å². The normalized spacial score (nSPS) is 14.3. The molecule has 0 atom stereocenters. The van der Waals surface area contributed by atoms with E-state index in [0.717, 1.165) is 17.8 Å². The summed E-state index contributed by atoms with van der Waals surface area (Å²) in [5, 5.41) is 0. The molecule has 0 aliphatic carbocycles. The van der Waals surface area contributed by atoms with Crippen LogP contribution in [0.2, 0.25) is 0 Å². The number of carbonyl (C=O) groups excluding carboxylic acids is 1. The van der Waals surface area contributed by atoms with Crippen LogP contribution in [-0.2, 0) is 11.3 Å². The van der Waals surface area contributed by atoms with Gasteiger partial charge in [0.1, 0.15) is 5.84 Å². The monoisotopic (exact) mass is 333 g/mol. The second-order valence-corrected chi connectivity index (χ2v) is 3.98. The third-order valence-electron chi connectivity index (χ3n) is 2.87. The van der Waals surface area contributed by atoms with Crippen molar-refractivity contribution in [2.75, 3.05) is 0 Å². The molecule has 0 unspecified atom stereocenters. The molecule has 2 aliphatic rings. The standard InChI is InChI=1S/C13H11N3O.3ClH/c14-12(17)10-5-3-7-16-8-9-4-1-2-6-11(9)15-13(10)16;;;/h1-7H,8H2,(H2,14,17);3*1H. The average molecular weight is 335 g/mol. The largest absolute Gasteiger partial charge is 0.365 e. The van der Waals surface area contributed by atoms with Gasteiger partial charge in [0.25, 0.3) is 5.91 Å². The summed E-state index contributed by atoms with van der Waals surface area (Å²) in [6, 6.07) is 7.89. The fraction of sp³-hybridized carbons (Fsp3) is 0.0769. The number of halogens is 3. The summed E-state index contributed by atoms with van der Waals surface area (Å²) < 4.78 is 0. The Labute approximate surface area is 135 Å². The number of hydrogen-bond acceptors (Lipinski definition) is 3. The van der Waals surface area contributed by atoms with Crippen molar-refractivity contribution < 1.29 is 4.79 Å². The Bertz CT molecular complexity index is 596. The number of amidine groups is 1. The van der Waals surface area contributed by atoms with E-state index in [4.69, 9.17) is 5.73 Å². The molecule has 20 heavy (non-hydrogen) atoms. The van der Waals surface area contributed by atoms with Crippen molar-refractivity contribution in [1.29, 1.82) is 0 Å². The Morgan fingerprint density at radius 3 is 2.60 bits per heavy atom. The van der Waals surface area contributed by atoms with Crippen LogP contribution in [0, 0.1) is 0 Å². The Hall–Kier alpha value is -1.49. The minimum absolute atomic E-state index is 0. The average Bonchev–Trinajstić information content (AvgIpc) is 2.35. The zero-order valence-corrected chi connectivity index (χ0v) is 12.8. The van der Waals surface area contributed by atoms with Gasteiger partial charge in [-0.05, 0) is 23.8 Å². The van der Waals surface area contributed by atoms with Gasteiger partial charge in [0.2, 0.25) is 0 Å². The van der Waals surface area contributed by atoms with Crippen LogP contribution in [-0.4, -0.2) is 16.6 Å². The van der Waals surface area contributed by atoms with Gasteiger partial charge in [-0.3, -0.25) is 4.79 Å². The summed E-state index contributed by atoms with van der Waals surface area (Å²) in [5.41, 5.74) is 7.85. The molecule has 108 valence electrons. The third-order valence-corrected chi connectivity index (χ3v) is 2.87. The zero-order chi connectivity index (χ0) is 11.8. The number of allylic oxidation sites excluding steroid dienone is 2. The molecular weight excluding hydrogens is 321 g/mol. The molecule has 0 saturated heterocycles. The highest BCUT2D eigenvalue weighted by Crippen LogP contribution is 2.29. The molecule has 1 amide bonds. The van der Waals surface area contributed by atoms with Crippen LogP contribution < -0.4 is 5.73 Å². The maximum Gasteiger partial charge on any atom is 0.252 e. The molecule has 0 bridgehead atoms. The van der Waals surface area contributed by atoms with Gasteiger partial charge in [0, 0.05) is 6.20 Å². The van der Waals surface area contributed by atoms with Crippen LogP contribution in [0.5, 0.6) is 0 Å². The summed E-state index contributed by atoms with van der Waals surface area (Å²) >= 11 is 0. The summed E-state index contributed by atoms with van der Waals surface area (Å²) in [4.78, 5) is 17.8. The molecule has 0 saturated carbocycles. The van der Waals surface area contributed by atoms with E-state index in [2.05, 4.69) is 4.99 Å². The first kappa shape index (κ1) is 18.5. The highest BCUT2D eigenvalue weighted by molar-refractivity contribution is 6.22. The lowest BCUT2D eigenvalue weighted by Crippen LogP contribution is -2.35. The van der Waals surface area contributed by atoms with Crippen molar-refractivity contribution >= 4 is 54.7 Å². The van der Waals surface area contributed by atoms with Crippen LogP contribution in [0.1, 0.15) is 5.56 Å². The van der Waals surface area contributed by atoms with E-state index >= 15 is 0 Å². The number of aliphatic imine (C=N–C) groups is 1. The fourth-order valence-electron chi connectivity index (χ4n) is 2.04. The van der Waals surface area contributed by atoms with Gasteiger partial charge in [-0.15, -0.1) is 37.2 Å². The van der Waals surface area contributed by atoms with E-state index in [1.807, 2.05) is 41.4 Å². The lowest BCUT2D eigenvalue weighted by atomic mass is 10.1. The van der Waals surface area contributed by atoms with E-state index in [1.165, 1.54) is 0 Å². The van der Waals surface area contributed by atoms with E-state index < -0.39 is 5.91 Å². The predicted octanol–water partition coefficient (Wildman–Crippen LogP) is 2.74. The summed E-state index contributed by atoms with van der Waals surface area (Å²) in [5.74, 6) is 0.191. The van der Waals surface area contributed by atoms with E-state index in [9.17, 15) is 4.79 Å². The molecule has 1 aromatic rings. The number of para-hydroxylation sites is 1. The Morgan fingerprint density at radius 2 is 1.90 bits per heavy atom. The Morgan fingerprint density at radius 1 is 1.20 bits per heavy atom. The highest BCUT2D eigenvalue weighted by Gasteiger charge is 2.25. The first-order valence-corrected chi connectivity index (χ1v) is 5.37. The smallest absolute Gasteiger partial charge is 0.252 e. The molecule has 1 aromatic carbocycles. The predicted molar refractivity (Wildman–Crippen MR) is 87.2 cm³/mol. The van der Waals surface area contributed by atoms with Crippen molar-refractivity contribution in [2.45, 2.75) is 6.54 Å². The van der Waals surface area contributed by atoms with Gasteiger partial charge in [-0.1, -0.05) is 18.2 Å². The first-order valence-electron chi connectivity index (χ1n) is 5.37. The third kappa shape index (κ3) is 3.15. The lowest BCUT2D eigenvalue weighted by Gasteiger charge is -2.29. The minimum atomic E-state index is -0.447. The van der Waals surface area contributed by atoms with Crippen molar-refractivity contribution in [3.63, 3.8) is 0 Å². The summed E-state index contributed by atoms with van der Waals surface area (Å²) in [6.45, 7) is 0.718. The SMILES string of the molecule is Cl.Cl.Cl.NC(=O)C1=CC=CN2Cc3ccccc3N=C12. The quantitative estimate of drug-likeness (QED) is 0.858. The van der Waals surface area contributed by atoms with Gasteiger partial charge in [0.05, 0.1) is 17.8 Å². The number of carbonyl (C=O) groups is 1. The minimum Gasteiger partial charge on any atom is -0.365 e. The summed E-state index contributed by atoms with van der Waals surface area (Å²) in [6.07, 6.45) is 5.42. The van der Waals surface area contributed by atoms with Gasteiger partial charge in [0.15, 0.2) is 0 Å². The van der Waals surface area contributed by atoms with Crippen LogP contribution >= 0.6 is 37.2 Å². The second kappa shape index (κ2) is 7.33. The Balaban J connectivity index is 0.00000120. The lowest BCUT2D eigenvalue weighted by molar-refractivity contribution is -0.114.